The number of thiocarbonyl (C=S) groups is 1. The van der Waals surface area contributed by atoms with Gasteiger partial charge in [0, 0.05) is 10.7 Å². The van der Waals surface area contributed by atoms with E-state index in [1.807, 2.05) is 31.2 Å². The van der Waals surface area contributed by atoms with Crippen LogP contribution in [0.3, 0.4) is 0 Å². The molecule has 0 unspecified atom stereocenters. The normalized spacial score (nSPS) is 9.91. The number of amides is 2. The average Bonchev–Trinajstić information content (AvgIpc) is 2.48. The van der Waals surface area contributed by atoms with Gasteiger partial charge in [-0.1, -0.05) is 29.3 Å². The van der Waals surface area contributed by atoms with Crippen molar-refractivity contribution in [1.29, 1.82) is 0 Å². The van der Waals surface area contributed by atoms with Crippen LogP contribution in [0, 0.1) is 6.92 Å². The van der Waals surface area contributed by atoms with Gasteiger partial charge in [-0.3, -0.25) is 5.43 Å². The van der Waals surface area contributed by atoms with Crippen LogP contribution in [0.15, 0.2) is 48.5 Å². The Hall–Kier alpha value is -2.31. The number of anilines is 2. The molecule has 2 aromatic rings. The highest BCUT2D eigenvalue weighted by Gasteiger charge is 2.13. The third-order valence-electron chi connectivity index (χ3n) is 2.83. The zero-order valence-electron chi connectivity index (χ0n) is 11.8. The molecule has 0 radical (unpaired) electrons. The van der Waals surface area contributed by atoms with Crippen LogP contribution in [0.25, 0.3) is 0 Å². The molecular formula is C15H15ClN4OS. The third kappa shape index (κ3) is 4.34. The number of nitrogens with two attached hydrogens (primary N) is 1. The number of benzene rings is 2. The summed E-state index contributed by atoms with van der Waals surface area (Å²) in [7, 11) is 0. The minimum atomic E-state index is -0.685. The number of aryl methyl sites for hydroxylation is 1. The summed E-state index contributed by atoms with van der Waals surface area (Å²) in [6.45, 7) is 2.00. The number of carbonyl (C=O) groups excluding carboxylic acids is 1. The number of primary amides is 1. The molecule has 0 aromatic heterocycles. The van der Waals surface area contributed by atoms with E-state index in [0.717, 1.165) is 16.3 Å². The van der Waals surface area contributed by atoms with Crippen molar-refractivity contribution in [3.63, 3.8) is 0 Å². The zero-order valence-corrected chi connectivity index (χ0v) is 13.4. The van der Waals surface area contributed by atoms with E-state index in [-0.39, 0.29) is 5.11 Å². The Morgan fingerprint density at radius 3 is 2.27 bits per heavy atom. The maximum atomic E-state index is 11.6. The number of hydrogen-bond acceptors (Lipinski definition) is 2. The first-order chi connectivity index (χ1) is 10.5. The second-order valence-electron chi connectivity index (χ2n) is 4.58. The van der Waals surface area contributed by atoms with E-state index in [0.29, 0.717) is 10.7 Å². The quantitative estimate of drug-likeness (QED) is 0.581. The van der Waals surface area contributed by atoms with Crippen molar-refractivity contribution in [2.75, 3.05) is 10.3 Å². The Labute approximate surface area is 139 Å². The maximum absolute atomic E-state index is 11.6. The first-order valence-electron chi connectivity index (χ1n) is 6.45. The van der Waals surface area contributed by atoms with Gasteiger partial charge in [0.05, 0.1) is 5.69 Å². The van der Waals surface area contributed by atoms with Crippen molar-refractivity contribution < 1.29 is 4.79 Å². The topological polar surface area (TPSA) is 70.4 Å². The second-order valence-corrected chi connectivity index (χ2v) is 5.43. The summed E-state index contributed by atoms with van der Waals surface area (Å²) in [6.07, 6.45) is 0. The minimum Gasteiger partial charge on any atom is -0.350 e. The molecule has 0 saturated heterocycles. The molecular weight excluding hydrogens is 320 g/mol. The van der Waals surface area contributed by atoms with E-state index >= 15 is 0 Å². The lowest BCUT2D eigenvalue weighted by atomic mass is 10.2. The molecule has 2 amide bonds. The van der Waals surface area contributed by atoms with Gasteiger partial charge < -0.3 is 11.1 Å². The lowest BCUT2D eigenvalue weighted by Crippen LogP contribution is -2.50. The molecule has 7 heteroatoms. The summed E-state index contributed by atoms with van der Waals surface area (Å²) >= 11 is 11.0. The fraction of sp³-hybridized carbons (Fsp3) is 0.0667. The standard InChI is InChI=1S/C15H15ClN4OS/c1-10-2-6-12(7-3-10)18-15(22)19-20(14(17)21)13-8-4-11(16)5-9-13/h2-9H,1H3,(H2,17,21)(H2,18,19,22). The smallest absolute Gasteiger partial charge is 0.338 e. The first-order valence-corrected chi connectivity index (χ1v) is 7.24. The van der Waals surface area contributed by atoms with Crippen LogP contribution in [0.2, 0.25) is 5.02 Å². The van der Waals surface area contributed by atoms with Crippen molar-refractivity contribution in [3.05, 3.63) is 59.1 Å². The Balaban J connectivity index is 2.07. The zero-order chi connectivity index (χ0) is 16.1. The Morgan fingerprint density at radius 1 is 1.14 bits per heavy atom. The molecule has 0 bridgehead atoms. The van der Waals surface area contributed by atoms with Crippen LogP contribution >= 0.6 is 23.8 Å². The van der Waals surface area contributed by atoms with Gasteiger partial charge in [0.25, 0.3) is 0 Å². The molecule has 4 N–H and O–H groups in total. The van der Waals surface area contributed by atoms with Crippen LogP contribution in [-0.2, 0) is 0 Å². The number of nitrogens with one attached hydrogen (secondary N) is 2. The van der Waals surface area contributed by atoms with Crippen molar-refractivity contribution in [3.8, 4) is 0 Å². The lowest BCUT2D eigenvalue weighted by molar-refractivity contribution is 0.253. The van der Waals surface area contributed by atoms with Crippen molar-refractivity contribution in [2.24, 2.45) is 5.73 Å². The molecule has 2 aromatic carbocycles. The Bertz CT molecular complexity index is 673. The Morgan fingerprint density at radius 2 is 1.73 bits per heavy atom. The lowest BCUT2D eigenvalue weighted by Gasteiger charge is -2.23. The molecule has 0 heterocycles. The van der Waals surface area contributed by atoms with Crippen LogP contribution in [0.1, 0.15) is 5.56 Å². The monoisotopic (exact) mass is 334 g/mol. The number of urea groups is 1. The second kappa shape index (κ2) is 7.11. The van der Waals surface area contributed by atoms with Crippen LogP contribution in [0.4, 0.5) is 16.2 Å². The van der Waals surface area contributed by atoms with Crippen molar-refractivity contribution in [2.45, 2.75) is 6.92 Å². The molecule has 0 fully saturated rings. The number of nitrogens with zero attached hydrogens (tertiary/aromatic N) is 1. The van der Waals surface area contributed by atoms with E-state index in [4.69, 9.17) is 29.6 Å². The minimum absolute atomic E-state index is 0.248. The van der Waals surface area contributed by atoms with Gasteiger partial charge in [0.15, 0.2) is 5.11 Å². The van der Waals surface area contributed by atoms with Gasteiger partial charge >= 0.3 is 6.03 Å². The van der Waals surface area contributed by atoms with E-state index in [9.17, 15) is 4.79 Å². The largest absolute Gasteiger partial charge is 0.350 e. The molecule has 0 saturated carbocycles. The number of hydrogen-bond donors (Lipinski definition) is 3. The predicted molar refractivity (Wildman–Crippen MR) is 94.0 cm³/mol. The molecule has 0 aliphatic rings. The van der Waals surface area contributed by atoms with E-state index in [1.165, 1.54) is 0 Å². The summed E-state index contributed by atoms with van der Waals surface area (Å²) in [5.74, 6) is 0. The number of carbonyl (C=O) groups is 1. The van der Waals surface area contributed by atoms with Gasteiger partial charge in [-0.2, -0.15) is 0 Å². The highest BCUT2D eigenvalue weighted by molar-refractivity contribution is 7.80. The van der Waals surface area contributed by atoms with Crippen LogP contribution in [0.5, 0.6) is 0 Å². The van der Waals surface area contributed by atoms with Gasteiger partial charge in [0.1, 0.15) is 0 Å². The van der Waals surface area contributed by atoms with Gasteiger partial charge in [-0.25, -0.2) is 9.80 Å². The molecule has 0 aliphatic heterocycles. The summed E-state index contributed by atoms with van der Waals surface area (Å²) in [5.41, 5.74) is 10.6. The molecule has 2 rings (SSSR count). The summed E-state index contributed by atoms with van der Waals surface area (Å²) in [6, 6.07) is 13.6. The molecule has 5 nitrogen and oxygen atoms in total. The van der Waals surface area contributed by atoms with Crippen LogP contribution in [-0.4, -0.2) is 11.1 Å². The molecule has 22 heavy (non-hydrogen) atoms. The predicted octanol–water partition coefficient (Wildman–Crippen LogP) is 3.44. The number of halogens is 1. The van der Waals surface area contributed by atoms with Crippen molar-refractivity contribution >= 4 is 46.3 Å². The van der Waals surface area contributed by atoms with E-state index < -0.39 is 6.03 Å². The number of rotatable bonds is 2. The fourth-order valence-corrected chi connectivity index (χ4v) is 2.07. The van der Waals surface area contributed by atoms with Gasteiger partial charge in [0.2, 0.25) is 0 Å². The van der Waals surface area contributed by atoms with E-state index in [2.05, 4.69) is 10.7 Å². The molecule has 0 spiro atoms. The van der Waals surface area contributed by atoms with Crippen molar-refractivity contribution in [1.82, 2.24) is 5.43 Å². The third-order valence-corrected chi connectivity index (χ3v) is 3.27. The molecule has 0 atom stereocenters. The highest BCUT2D eigenvalue weighted by Crippen LogP contribution is 2.16. The van der Waals surface area contributed by atoms with Crippen LogP contribution < -0.4 is 21.5 Å². The number of hydrazine groups is 1. The summed E-state index contributed by atoms with van der Waals surface area (Å²) < 4.78 is 0. The van der Waals surface area contributed by atoms with Gasteiger partial charge in [-0.05, 0) is 55.5 Å². The maximum Gasteiger partial charge on any atom is 0.338 e. The average molecular weight is 335 g/mol. The highest BCUT2D eigenvalue weighted by atomic mass is 35.5. The molecule has 0 aliphatic carbocycles. The summed E-state index contributed by atoms with van der Waals surface area (Å²) in [5, 5.41) is 4.93. The SMILES string of the molecule is Cc1ccc(NC(=S)NN(C(N)=O)c2ccc(Cl)cc2)cc1. The summed E-state index contributed by atoms with van der Waals surface area (Å²) in [4.78, 5) is 11.6. The fourth-order valence-electron chi connectivity index (χ4n) is 1.73. The molecule has 114 valence electrons. The van der Waals surface area contributed by atoms with E-state index in [1.54, 1.807) is 24.3 Å². The Kier molecular flexibility index (Phi) is 5.19. The first kappa shape index (κ1) is 16.1. The van der Waals surface area contributed by atoms with Gasteiger partial charge in [-0.15, -0.1) is 0 Å².